The van der Waals surface area contributed by atoms with Crippen molar-refractivity contribution in [2.24, 2.45) is 5.92 Å². The van der Waals surface area contributed by atoms with Crippen LogP contribution in [0.2, 0.25) is 0 Å². The van der Waals surface area contributed by atoms with Gasteiger partial charge in [-0.1, -0.05) is 6.07 Å². The first-order chi connectivity index (χ1) is 8.60. The highest BCUT2D eigenvalue weighted by atomic mass is 19.1. The van der Waals surface area contributed by atoms with E-state index in [0.717, 1.165) is 24.8 Å². The SMILES string of the molecule is COc1ccc(C2CC(CCC(=O)O)C2)cc1F. The predicted octanol–water partition coefficient (Wildman–Crippen LogP) is 3.19. The number of methoxy groups -OCH3 is 1. The number of hydrogen-bond acceptors (Lipinski definition) is 2. The zero-order valence-corrected chi connectivity index (χ0v) is 10.4. The maximum atomic E-state index is 13.5. The second-order valence-corrected chi connectivity index (χ2v) is 4.86. The number of hydrogen-bond donors (Lipinski definition) is 1. The molecule has 0 radical (unpaired) electrons. The summed E-state index contributed by atoms with van der Waals surface area (Å²) in [6.45, 7) is 0. The smallest absolute Gasteiger partial charge is 0.303 e. The van der Waals surface area contributed by atoms with Gasteiger partial charge in [0, 0.05) is 6.42 Å². The standard InChI is InChI=1S/C14H17FO3/c1-18-13-4-3-10(8-12(13)15)11-6-9(7-11)2-5-14(16)17/h3-4,8-9,11H,2,5-7H2,1H3,(H,16,17). The molecule has 0 amide bonds. The highest BCUT2D eigenvalue weighted by molar-refractivity contribution is 5.66. The number of carboxylic acid groups (broad SMARTS) is 1. The van der Waals surface area contributed by atoms with Crippen LogP contribution >= 0.6 is 0 Å². The topological polar surface area (TPSA) is 46.5 Å². The molecule has 1 N–H and O–H groups in total. The van der Waals surface area contributed by atoms with Gasteiger partial charge in [-0.05, 0) is 48.8 Å². The molecule has 1 aliphatic carbocycles. The average Bonchev–Trinajstić information content (AvgIpc) is 2.26. The second kappa shape index (κ2) is 5.38. The lowest BCUT2D eigenvalue weighted by Crippen LogP contribution is -2.22. The fraction of sp³-hybridized carbons (Fsp3) is 0.500. The van der Waals surface area contributed by atoms with Gasteiger partial charge in [-0.15, -0.1) is 0 Å². The van der Waals surface area contributed by atoms with E-state index in [1.165, 1.54) is 13.2 Å². The fourth-order valence-electron chi connectivity index (χ4n) is 2.51. The van der Waals surface area contributed by atoms with Crippen molar-refractivity contribution >= 4 is 5.97 Å². The van der Waals surface area contributed by atoms with E-state index < -0.39 is 5.97 Å². The molecule has 1 aromatic carbocycles. The number of halogens is 1. The number of ether oxygens (including phenoxy) is 1. The van der Waals surface area contributed by atoms with Gasteiger partial charge in [0.15, 0.2) is 11.6 Å². The molecule has 0 spiro atoms. The first-order valence-electron chi connectivity index (χ1n) is 6.15. The quantitative estimate of drug-likeness (QED) is 0.875. The maximum Gasteiger partial charge on any atom is 0.303 e. The van der Waals surface area contributed by atoms with Crippen molar-refractivity contribution in [1.82, 2.24) is 0 Å². The summed E-state index contributed by atoms with van der Waals surface area (Å²) in [5.74, 6) is 0.0268. The van der Waals surface area contributed by atoms with Crippen LogP contribution in [-0.2, 0) is 4.79 Å². The Hall–Kier alpha value is -1.58. The molecule has 1 aromatic rings. The number of carboxylic acids is 1. The molecule has 1 saturated carbocycles. The Kier molecular flexibility index (Phi) is 3.84. The van der Waals surface area contributed by atoms with Gasteiger partial charge < -0.3 is 9.84 Å². The van der Waals surface area contributed by atoms with E-state index in [4.69, 9.17) is 9.84 Å². The van der Waals surface area contributed by atoms with Crippen LogP contribution in [0, 0.1) is 11.7 Å². The minimum atomic E-state index is -0.742. The van der Waals surface area contributed by atoms with Crippen molar-refractivity contribution in [2.75, 3.05) is 7.11 Å². The first-order valence-corrected chi connectivity index (χ1v) is 6.15. The summed E-state index contributed by atoms with van der Waals surface area (Å²) < 4.78 is 18.4. The van der Waals surface area contributed by atoms with Crippen LogP contribution in [0.5, 0.6) is 5.75 Å². The Labute approximate surface area is 106 Å². The summed E-state index contributed by atoms with van der Waals surface area (Å²) in [4.78, 5) is 10.4. The summed E-state index contributed by atoms with van der Waals surface area (Å²) >= 11 is 0. The van der Waals surface area contributed by atoms with Gasteiger partial charge in [0.2, 0.25) is 0 Å². The highest BCUT2D eigenvalue weighted by Crippen LogP contribution is 2.44. The fourth-order valence-corrected chi connectivity index (χ4v) is 2.51. The lowest BCUT2D eigenvalue weighted by Gasteiger charge is -2.35. The minimum absolute atomic E-state index is 0.231. The first kappa shape index (κ1) is 12.9. The molecule has 0 saturated heterocycles. The van der Waals surface area contributed by atoms with Gasteiger partial charge in [-0.25, -0.2) is 4.39 Å². The summed E-state index contributed by atoms with van der Waals surface area (Å²) in [6, 6.07) is 5.06. The molecule has 0 bridgehead atoms. The van der Waals surface area contributed by atoms with Crippen molar-refractivity contribution in [3.05, 3.63) is 29.6 Å². The van der Waals surface area contributed by atoms with Gasteiger partial charge >= 0.3 is 5.97 Å². The van der Waals surface area contributed by atoms with Crippen molar-refractivity contribution in [2.45, 2.75) is 31.6 Å². The Morgan fingerprint density at radius 1 is 1.50 bits per heavy atom. The molecule has 4 heteroatoms. The second-order valence-electron chi connectivity index (χ2n) is 4.86. The molecule has 98 valence electrons. The van der Waals surface area contributed by atoms with E-state index >= 15 is 0 Å². The van der Waals surface area contributed by atoms with Crippen LogP contribution in [0.3, 0.4) is 0 Å². The average molecular weight is 252 g/mol. The molecule has 0 unspecified atom stereocenters. The third kappa shape index (κ3) is 2.81. The van der Waals surface area contributed by atoms with E-state index in [1.807, 2.05) is 6.07 Å². The van der Waals surface area contributed by atoms with E-state index in [-0.39, 0.29) is 18.0 Å². The van der Waals surface area contributed by atoms with Crippen LogP contribution in [0.4, 0.5) is 4.39 Å². The number of rotatable bonds is 5. The highest BCUT2D eigenvalue weighted by Gasteiger charge is 2.30. The largest absolute Gasteiger partial charge is 0.494 e. The normalized spacial score (nSPS) is 22.3. The van der Waals surface area contributed by atoms with E-state index in [9.17, 15) is 9.18 Å². The summed E-state index contributed by atoms with van der Waals surface area (Å²) in [5.41, 5.74) is 0.986. The zero-order valence-electron chi connectivity index (χ0n) is 10.4. The van der Waals surface area contributed by atoms with Gasteiger partial charge in [0.1, 0.15) is 0 Å². The van der Waals surface area contributed by atoms with Gasteiger partial charge in [0.25, 0.3) is 0 Å². The van der Waals surface area contributed by atoms with Crippen molar-refractivity contribution < 1.29 is 19.0 Å². The van der Waals surface area contributed by atoms with Crippen LogP contribution in [0.1, 0.15) is 37.2 Å². The summed E-state index contributed by atoms with van der Waals surface area (Å²) in [5, 5.41) is 8.60. The predicted molar refractivity (Wildman–Crippen MR) is 65.3 cm³/mol. The number of benzene rings is 1. The van der Waals surface area contributed by atoms with Crippen molar-refractivity contribution in [3.63, 3.8) is 0 Å². The molecule has 2 rings (SSSR count). The van der Waals surface area contributed by atoms with Gasteiger partial charge in [-0.2, -0.15) is 0 Å². The molecular weight excluding hydrogens is 235 g/mol. The molecule has 1 aliphatic rings. The Bertz CT molecular complexity index is 439. The Morgan fingerprint density at radius 2 is 2.22 bits per heavy atom. The monoisotopic (exact) mass is 252 g/mol. The molecule has 1 fully saturated rings. The lowest BCUT2D eigenvalue weighted by molar-refractivity contribution is -0.137. The van der Waals surface area contributed by atoms with Crippen molar-refractivity contribution in [1.29, 1.82) is 0 Å². The zero-order chi connectivity index (χ0) is 13.1. The van der Waals surface area contributed by atoms with Crippen molar-refractivity contribution in [3.8, 4) is 5.75 Å². The molecular formula is C14H17FO3. The number of carbonyl (C=O) groups is 1. The molecule has 3 nitrogen and oxygen atoms in total. The van der Waals surface area contributed by atoms with Gasteiger partial charge in [0.05, 0.1) is 7.11 Å². The number of aliphatic carboxylic acids is 1. The molecule has 18 heavy (non-hydrogen) atoms. The third-order valence-electron chi connectivity index (χ3n) is 3.65. The van der Waals surface area contributed by atoms with Crippen LogP contribution < -0.4 is 4.74 Å². The molecule has 0 heterocycles. The summed E-state index contributed by atoms with van der Waals surface area (Å²) in [6.07, 6.45) is 2.87. The minimum Gasteiger partial charge on any atom is -0.494 e. The molecule has 0 aliphatic heterocycles. The third-order valence-corrected chi connectivity index (χ3v) is 3.65. The molecule has 0 aromatic heterocycles. The van der Waals surface area contributed by atoms with E-state index in [0.29, 0.717) is 11.8 Å². The van der Waals surface area contributed by atoms with Crippen LogP contribution in [0.25, 0.3) is 0 Å². The Morgan fingerprint density at radius 3 is 2.78 bits per heavy atom. The van der Waals surface area contributed by atoms with Crippen LogP contribution in [-0.4, -0.2) is 18.2 Å². The van der Waals surface area contributed by atoms with Gasteiger partial charge in [-0.3, -0.25) is 4.79 Å². The Balaban J connectivity index is 1.88. The van der Waals surface area contributed by atoms with Crippen LogP contribution in [0.15, 0.2) is 18.2 Å². The van der Waals surface area contributed by atoms with E-state index in [1.54, 1.807) is 6.07 Å². The maximum absolute atomic E-state index is 13.5. The van der Waals surface area contributed by atoms with E-state index in [2.05, 4.69) is 0 Å². The molecule has 0 atom stereocenters. The lowest BCUT2D eigenvalue weighted by atomic mass is 9.70. The summed E-state index contributed by atoms with van der Waals surface area (Å²) in [7, 11) is 1.45.